The number of halogens is 2. The number of aliphatic imine (C=N–C) groups is 1. The molecule has 1 aliphatic rings. The molecule has 0 aliphatic heterocycles. The Kier molecular flexibility index (Phi) is 13.9. The molecule has 1 amide bonds. The van der Waals surface area contributed by atoms with Crippen LogP contribution in [0.2, 0.25) is 0 Å². The van der Waals surface area contributed by atoms with Crippen molar-refractivity contribution < 1.29 is 14.3 Å². The van der Waals surface area contributed by atoms with Crippen LogP contribution >= 0.6 is 24.8 Å². The molecular weight excluding hydrogens is 445 g/mol. The topological polar surface area (TPSA) is 174 Å². The van der Waals surface area contributed by atoms with Crippen molar-refractivity contribution in [3.8, 4) is 0 Å². The van der Waals surface area contributed by atoms with E-state index in [0.717, 1.165) is 24.4 Å². The van der Waals surface area contributed by atoms with Gasteiger partial charge < -0.3 is 32.2 Å². The van der Waals surface area contributed by atoms with Crippen LogP contribution in [0.1, 0.15) is 62.4 Å². The van der Waals surface area contributed by atoms with Crippen molar-refractivity contribution >= 4 is 42.7 Å². The number of hydrogen-bond acceptors (Lipinski definition) is 6. The average Bonchev–Trinajstić information content (AvgIpc) is 3.18. The fourth-order valence-electron chi connectivity index (χ4n) is 3.57. The van der Waals surface area contributed by atoms with Crippen molar-refractivity contribution in [2.45, 2.75) is 69.4 Å². The van der Waals surface area contributed by atoms with E-state index in [9.17, 15) is 9.59 Å². The van der Waals surface area contributed by atoms with Crippen LogP contribution in [0.3, 0.4) is 0 Å². The molecule has 31 heavy (non-hydrogen) atoms. The molecule has 1 aromatic rings. The highest BCUT2D eigenvalue weighted by Crippen LogP contribution is 2.30. The lowest BCUT2D eigenvalue weighted by Gasteiger charge is -2.19. The van der Waals surface area contributed by atoms with E-state index in [-0.39, 0.29) is 30.8 Å². The van der Waals surface area contributed by atoms with E-state index in [0.29, 0.717) is 31.7 Å². The monoisotopic (exact) mass is 479 g/mol. The van der Waals surface area contributed by atoms with Gasteiger partial charge in [0.2, 0.25) is 5.91 Å². The molecule has 178 valence electrons. The predicted octanol–water partition coefficient (Wildman–Crippen LogP) is 0.882. The van der Waals surface area contributed by atoms with Crippen LogP contribution in [0, 0.1) is 0 Å². The molecular formula is C19H35Cl2N7O3. The van der Waals surface area contributed by atoms with Gasteiger partial charge in [0.05, 0.1) is 13.2 Å². The highest BCUT2D eigenvalue weighted by molar-refractivity contribution is 5.87. The summed E-state index contributed by atoms with van der Waals surface area (Å²) in [7, 11) is 1.27. The Labute approximate surface area is 195 Å². The lowest BCUT2D eigenvalue weighted by molar-refractivity contribution is -0.145. The van der Waals surface area contributed by atoms with Gasteiger partial charge in [0.1, 0.15) is 11.9 Å². The molecule has 12 heteroatoms. The fourth-order valence-corrected chi connectivity index (χ4v) is 3.57. The minimum absolute atomic E-state index is 0. The fraction of sp³-hybridized carbons (Fsp3) is 0.684. The first-order valence-corrected chi connectivity index (χ1v) is 10.1. The second kappa shape index (κ2) is 14.9. The third-order valence-electron chi connectivity index (χ3n) is 5.16. The van der Waals surface area contributed by atoms with E-state index in [1.807, 2.05) is 0 Å². The molecule has 1 heterocycles. The molecule has 1 fully saturated rings. The van der Waals surface area contributed by atoms with Gasteiger partial charge >= 0.3 is 5.97 Å². The molecule has 8 N–H and O–H groups in total. The van der Waals surface area contributed by atoms with Crippen molar-refractivity contribution in [1.82, 2.24) is 15.3 Å². The number of rotatable bonds is 10. The Morgan fingerprint density at radius 1 is 1.29 bits per heavy atom. The van der Waals surface area contributed by atoms with Gasteiger partial charge in [-0.05, 0) is 25.7 Å². The minimum Gasteiger partial charge on any atom is -0.467 e. The van der Waals surface area contributed by atoms with Crippen LogP contribution in [0.4, 0.5) is 0 Å². The highest BCUT2D eigenvalue weighted by Gasteiger charge is 2.25. The number of H-pyrrole nitrogens is 1. The number of aromatic amines is 1. The van der Waals surface area contributed by atoms with Crippen LogP contribution in [-0.2, 0) is 20.7 Å². The summed E-state index contributed by atoms with van der Waals surface area (Å²) in [6.45, 7) is 0.357. The number of imidazole rings is 1. The number of carbonyl (C=O) groups excluding carboxylic acids is 2. The second-order valence-electron chi connectivity index (χ2n) is 7.47. The number of nitrogens with two attached hydrogens (primary N) is 3. The number of methoxy groups -OCH3 is 1. The largest absolute Gasteiger partial charge is 0.467 e. The summed E-state index contributed by atoms with van der Waals surface area (Å²) in [5.41, 5.74) is 17.4. The zero-order valence-electron chi connectivity index (χ0n) is 17.8. The van der Waals surface area contributed by atoms with Crippen molar-refractivity contribution in [2.75, 3.05) is 13.7 Å². The standard InChI is InChI=1S/C19H33N7O3.2ClH/c1-29-18(28)15(8-5-9-23-19(21)22)26-17(27)14(20)10-13-11-24-16(25-13)12-6-3-2-4-7-12;;/h11-12,14-15H,2-10,20H2,1H3,(H,24,25)(H,26,27)(H4,21,22,23);2*1H/t14-,15-;;/m0../s1. The molecule has 0 saturated heterocycles. The number of carbonyl (C=O) groups is 2. The summed E-state index contributed by atoms with van der Waals surface area (Å²) >= 11 is 0. The first kappa shape index (κ1) is 29.0. The van der Waals surface area contributed by atoms with Crippen molar-refractivity contribution in [3.05, 3.63) is 17.7 Å². The zero-order valence-corrected chi connectivity index (χ0v) is 19.5. The highest BCUT2D eigenvalue weighted by atomic mass is 35.5. The average molecular weight is 480 g/mol. The van der Waals surface area contributed by atoms with E-state index >= 15 is 0 Å². The van der Waals surface area contributed by atoms with Gasteiger partial charge in [-0.15, -0.1) is 24.8 Å². The molecule has 1 aliphatic carbocycles. The van der Waals surface area contributed by atoms with Crippen LogP contribution in [-0.4, -0.2) is 53.5 Å². The van der Waals surface area contributed by atoms with Crippen molar-refractivity contribution in [2.24, 2.45) is 22.2 Å². The van der Waals surface area contributed by atoms with Gasteiger partial charge in [-0.25, -0.2) is 9.78 Å². The summed E-state index contributed by atoms with van der Waals surface area (Å²) in [5.74, 6) is 0.459. The SMILES string of the molecule is COC(=O)[C@H](CCCN=C(N)N)NC(=O)[C@@H](N)Cc1cnc(C2CCCCC2)[nH]1.Cl.Cl. The third-order valence-corrected chi connectivity index (χ3v) is 5.16. The van der Waals surface area contributed by atoms with Crippen LogP contribution in [0.25, 0.3) is 0 Å². The smallest absolute Gasteiger partial charge is 0.328 e. The quantitative estimate of drug-likeness (QED) is 0.143. The van der Waals surface area contributed by atoms with Crippen molar-refractivity contribution in [3.63, 3.8) is 0 Å². The first-order valence-electron chi connectivity index (χ1n) is 10.1. The Balaban J connectivity index is 0.00000450. The first-order chi connectivity index (χ1) is 13.9. The van der Waals surface area contributed by atoms with E-state index < -0.39 is 24.0 Å². The Morgan fingerprint density at radius 2 is 1.97 bits per heavy atom. The summed E-state index contributed by atoms with van der Waals surface area (Å²) in [5, 5.41) is 2.66. The van der Waals surface area contributed by atoms with Crippen LogP contribution < -0.4 is 22.5 Å². The van der Waals surface area contributed by atoms with Gasteiger partial charge in [0.15, 0.2) is 5.96 Å². The number of esters is 1. The molecule has 0 bridgehead atoms. The molecule has 0 spiro atoms. The number of nitrogens with one attached hydrogen (secondary N) is 2. The van der Waals surface area contributed by atoms with Crippen LogP contribution in [0.5, 0.6) is 0 Å². The number of nitrogens with zero attached hydrogens (tertiary/aromatic N) is 2. The molecule has 1 aromatic heterocycles. The maximum atomic E-state index is 12.5. The molecule has 1 saturated carbocycles. The van der Waals surface area contributed by atoms with Crippen LogP contribution in [0.15, 0.2) is 11.2 Å². The maximum absolute atomic E-state index is 12.5. The number of guanidine groups is 1. The third kappa shape index (κ3) is 9.75. The molecule has 2 atom stereocenters. The minimum atomic E-state index is -0.806. The summed E-state index contributed by atoms with van der Waals surface area (Å²) in [6.07, 6.45) is 8.91. The second-order valence-corrected chi connectivity index (χ2v) is 7.47. The van der Waals surface area contributed by atoms with E-state index in [1.54, 1.807) is 6.20 Å². The van der Waals surface area contributed by atoms with Gasteiger partial charge in [0, 0.05) is 30.8 Å². The van der Waals surface area contributed by atoms with Crippen molar-refractivity contribution in [1.29, 1.82) is 0 Å². The van der Waals surface area contributed by atoms with Gasteiger partial charge in [0.25, 0.3) is 0 Å². The number of amides is 1. The molecule has 0 radical (unpaired) electrons. The summed E-state index contributed by atoms with van der Waals surface area (Å²) in [6, 6.07) is -1.60. The lowest BCUT2D eigenvalue weighted by Crippen LogP contribution is -2.49. The lowest BCUT2D eigenvalue weighted by atomic mass is 9.89. The normalized spacial score (nSPS) is 15.5. The maximum Gasteiger partial charge on any atom is 0.328 e. The van der Waals surface area contributed by atoms with E-state index in [4.69, 9.17) is 21.9 Å². The Hall–Kier alpha value is -2.04. The number of ether oxygens (including phenoxy) is 1. The molecule has 0 unspecified atom stereocenters. The summed E-state index contributed by atoms with van der Waals surface area (Å²) < 4.78 is 4.76. The van der Waals surface area contributed by atoms with Gasteiger partial charge in [-0.3, -0.25) is 9.79 Å². The van der Waals surface area contributed by atoms with E-state index in [1.165, 1.54) is 26.4 Å². The predicted molar refractivity (Wildman–Crippen MR) is 124 cm³/mol. The number of hydrogen-bond donors (Lipinski definition) is 5. The van der Waals surface area contributed by atoms with E-state index in [2.05, 4.69) is 20.3 Å². The summed E-state index contributed by atoms with van der Waals surface area (Å²) in [4.78, 5) is 36.1. The Morgan fingerprint density at radius 3 is 2.58 bits per heavy atom. The zero-order chi connectivity index (χ0) is 21.2. The molecule has 2 rings (SSSR count). The number of aromatic nitrogens is 2. The van der Waals surface area contributed by atoms with Gasteiger partial charge in [-0.1, -0.05) is 19.3 Å². The van der Waals surface area contributed by atoms with Gasteiger partial charge in [-0.2, -0.15) is 0 Å². The molecule has 10 nitrogen and oxygen atoms in total. The Bertz CT molecular complexity index is 704. The molecule has 0 aromatic carbocycles.